The van der Waals surface area contributed by atoms with Crippen molar-refractivity contribution in [2.24, 2.45) is 0 Å². The summed E-state index contributed by atoms with van der Waals surface area (Å²) in [5.41, 5.74) is 5.60. The van der Waals surface area contributed by atoms with Gasteiger partial charge in [0, 0.05) is 39.6 Å². The van der Waals surface area contributed by atoms with Gasteiger partial charge in [0.25, 0.3) is 0 Å². The molecular formula is C48H30N6O2. The lowest BCUT2D eigenvalue weighted by Crippen LogP contribution is -2.30. The lowest BCUT2D eigenvalue weighted by atomic mass is 9.97. The van der Waals surface area contributed by atoms with Crippen LogP contribution in [0, 0.1) is 45.3 Å². The third-order valence-corrected chi connectivity index (χ3v) is 9.62. The standard InChI is InChI=1S/C48H30N6O2/c49-29-35(30-50)47-43-44(46(56-47)34-23-27-42(28-24-34)54(39-17-9-3-10-18-39)40-19-11-4-12-20-40)48(36(31-51)32-52)55-45(43)33-21-25-41(26-22-33)53(37-13-5-1-6-14-37)38-15-7-2-8-16-38/h1-27,42H,28H2. The van der Waals surface area contributed by atoms with E-state index in [4.69, 9.17) is 8.83 Å². The van der Waals surface area contributed by atoms with E-state index in [9.17, 15) is 21.0 Å². The molecule has 264 valence electrons. The predicted octanol–water partition coefficient (Wildman–Crippen LogP) is 10.1. The van der Waals surface area contributed by atoms with Gasteiger partial charge in [0.2, 0.25) is 0 Å². The van der Waals surface area contributed by atoms with Crippen molar-refractivity contribution in [2.75, 3.05) is 9.80 Å². The first-order valence-corrected chi connectivity index (χ1v) is 17.9. The minimum Gasteiger partial charge on any atom is -0.453 e. The summed E-state index contributed by atoms with van der Waals surface area (Å²) in [7, 11) is 0. The van der Waals surface area contributed by atoms with Gasteiger partial charge in [-0.05, 0) is 79.2 Å². The molecule has 7 aromatic rings. The molecule has 0 spiro atoms. The zero-order valence-corrected chi connectivity index (χ0v) is 29.9. The summed E-state index contributed by atoms with van der Waals surface area (Å²) in [6.07, 6.45) is 6.61. The maximum Gasteiger partial charge on any atom is 0.172 e. The van der Waals surface area contributed by atoms with E-state index in [1.54, 1.807) is 0 Å². The summed E-state index contributed by atoms with van der Waals surface area (Å²) in [5.74, 6) is 0.559. The quantitative estimate of drug-likeness (QED) is 0.152. The van der Waals surface area contributed by atoms with Crippen LogP contribution in [0.3, 0.4) is 0 Å². The van der Waals surface area contributed by atoms with Gasteiger partial charge in [-0.15, -0.1) is 0 Å². The lowest BCUT2D eigenvalue weighted by molar-refractivity contribution is 0.511. The second-order valence-electron chi connectivity index (χ2n) is 12.9. The fourth-order valence-electron chi connectivity index (χ4n) is 7.12. The number of fused-ring (bicyclic) bond motifs is 1. The van der Waals surface area contributed by atoms with Crippen molar-refractivity contribution in [3.8, 4) is 35.6 Å². The Morgan fingerprint density at radius 2 is 0.911 bits per heavy atom. The van der Waals surface area contributed by atoms with Crippen molar-refractivity contribution in [1.82, 2.24) is 0 Å². The minimum atomic E-state index is -0.265. The predicted molar refractivity (Wildman–Crippen MR) is 218 cm³/mol. The molecule has 8 rings (SSSR count). The molecule has 0 aliphatic heterocycles. The number of para-hydroxylation sites is 4. The summed E-state index contributed by atoms with van der Waals surface area (Å²) in [6, 6.07) is 55.7. The Balaban J connectivity index is 1.27. The van der Waals surface area contributed by atoms with E-state index < -0.39 is 0 Å². The molecule has 5 aromatic carbocycles. The molecule has 0 saturated carbocycles. The van der Waals surface area contributed by atoms with E-state index in [0.717, 1.165) is 28.4 Å². The fourth-order valence-corrected chi connectivity index (χ4v) is 7.12. The molecule has 1 aliphatic carbocycles. The number of benzene rings is 5. The Kier molecular flexibility index (Phi) is 9.53. The van der Waals surface area contributed by atoms with Gasteiger partial charge < -0.3 is 18.6 Å². The monoisotopic (exact) mass is 722 g/mol. The van der Waals surface area contributed by atoms with Gasteiger partial charge in [-0.3, -0.25) is 0 Å². The van der Waals surface area contributed by atoms with Gasteiger partial charge in [0.15, 0.2) is 22.0 Å². The molecule has 2 heterocycles. The van der Waals surface area contributed by atoms with Crippen molar-refractivity contribution in [2.45, 2.75) is 12.5 Å². The highest BCUT2D eigenvalue weighted by Gasteiger charge is 2.28. The molecule has 1 unspecified atom stereocenters. The van der Waals surface area contributed by atoms with Crippen LogP contribution in [0.5, 0.6) is 0 Å². The van der Waals surface area contributed by atoms with Crippen LogP contribution in [0.15, 0.2) is 173 Å². The van der Waals surface area contributed by atoms with Crippen molar-refractivity contribution < 1.29 is 8.83 Å². The summed E-state index contributed by atoms with van der Waals surface area (Å²) in [6.45, 7) is 0. The number of hydrogen-bond acceptors (Lipinski definition) is 8. The third kappa shape index (κ3) is 6.37. The number of nitrogens with zero attached hydrogens (tertiary/aromatic N) is 6. The average Bonchev–Trinajstić information content (AvgIpc) is 3.84. The van der Waals surface area contributed by atoms with E-state index in [2.05, 4.69) is 40.1 Å². The smallest absolute Gasteiger partial charge is 0.172 e. The van der Waals surface area contributed by atoms with E-state index in [-0.39, 0.29) is 33.8 Å². The minimum absolute atomic E-state index is 0.00567. The first-order valence-electron chi connectivity index (χ1n) is 17.9. The first-order chi connectivity index (χ1) is 27.6. The molecule has 8 nitrogen and oxygen atoms in total. The number of anilines is 5. The molecule has 0 saturated heterocycles. The number of furan rings is 2. The second kappa shape index (κ2) is 15.4. The Morgan fingerprint density at radius 1 is 0.500 bits per heavy atom. The number of allylic oxidation sites excluding steroid dienone is 2. The maximum atomic E-state index is 10.1. The fraction of sp³-hybridized carbons (Fsp3) is 0.0417. The highest BCUT2D eigenvalue weighted by molar-refractivity contribution is 6.04. The molecule has 8 heteroatoms. The molecule has 0 amide bonds. The zero-order chi connectivity index (χ0) is 38.4. The zero-order valence-electron chi connectivity index (χ0n) is 29.9. The number of rotatable bonds is 8. The summed E-state index contributed by atoms with van der Waals surface area (Å²) in [4.78, 5) is 4.37. The third-order valence-electron chi connectivity index (χ3n) is 9.62. The molecule has 0 fully saturated rings. The second-order valence-corrected chi connectivity index (χ2v) is 12.9. The lowest BCUT2D eigenvalue weighted by Gasteiger charge is -2.33. The van der Waals surface area contributed by atoms with Crippen LogP contribution in [0.25, 0.3) is 38.8 Å². The summed E-state index contributed by atoms with van der Waals surface area (Å²) < 4.78 is 12.9. The molecule has 2 aromatic heterocycles. The molecule has 0 radical (unpaired) electrons. The van der Waals surface area contributed by atoms with Gasteiger partial charge in [-0.25, -0.2) is 0 Å². The Labute approximate surface area is 323 Å². The molecule has 1 atom stereocenters. The highest BCUT2D eigenvalue weighted by atomic mass is 16.4. The molecule has 1 aliphatic rings. The topological polar surface area (TPSA) is 128 Å². The van der Waals surface area contributed by atoms with Gasteiger partial charge in [0.05, 0.1) is 16.8 Å². The van der Waals surface area contributed by atoms with Gasteiger partial charge >= 0.3 is 0 Å². The maximum absolute atomic E-state index is 10.1. The summed E-state index contributed by atoms with van der Waals surface area (Å²) >= 11 is 0. The van der Waals surface area contributed by atoms with Crippen molar-refractivity contribution >= 4 is 55.9 Å². The van der Waals surface area contributed by atoms with Crippen molar-refractivity contribution in [3.63, 3.8) is 0 Å². The molecule has 0 bridgehead atoms. The van der Waals surface area contributed by atoms with E-state index >= 15 is 0 Å². The van der Waals surface area contributed by atoms with Crippen molar-refractivity contribution in [3.05, 3.63) is 180 Å². The Hall–Kier alpha value is -8.30. The van der Waals surface area contributed by atoms with Crippen LogP contribution in [0.4, 0.5) is 28.4 Å². The summed E-state index contributed by atoms with van der Waals surface area (Å²) in [5, 5.41) is 41.1. The largest absolute Gasteiger partial charge is 0.453 e. The van der Waals surface area contributed by atoms with E-state index in [1.807, 2.05) is 158 Å². The van der Waals surface area contributed by atoms with Crippen LogP contribution < -0.4 is 20.6 Å². The first kappa shape index (κ1) is 34.8. The van der Waals surface area contributed by atoms with Crippen LogP contribution >= 0.6 is 0 Å². The van der Waals surface area contributed by atoms with Crippen molar-refractivity contribution in [1.29, 1.82) is 21.0 Å². The Morgan fingerprint density at radius 3 is 1.34 bits per heavy atom. The SMILES string of the molecule is N#CC(C#N)=c1oc(-c2ccc(N(c3ccccc3)c3ccccc3)cc2)c2c(=C(C#N)C#N)oc(C3=CCC(N(c4ccccc4)c4ccccc4)C=C3)c12. The molecule has 0 N–H and O–H groups in total. The molecular weight excluding hydrogens is 693 g/mol. The van der Waals surface area contributed by atoms with Gasteiger partial charge in [-0.1, -0.05) is 91.0 Å². The average molecular weight is 723 g/mol. The molecule has 56 heavy (non-hydrogen) atoms. The van der Waals surface area contributed by atoms with E-state index in [1.165, 1.54) is 0 Å². The van der Waals surface area contributed by atoms with Crippen LogP contribution in [-0.2, 0) is 0 Å². The normalized spacial score (nSPS) is 13.1. The Bertz CT molecular complexity index is 2770. The van der Waals surface area contributed by atoms with Crippen LogP contribution in [0.2, 0.25) is 0 Å². The van der Waals surface area contributed by atoms with Crippen LogP contribution in [-0.4, -0.2) is 6.04 Å². The number of nitriles is 4. The highest BCUT2D eigenvalue weighted by Crippen LogP contribution is 2.39. The van der Waals surface area contributed by atoms with Crippen LogP contribution in [0.1, 0.15) is 12.2 Å². The van der Waals surface area contributed by atoms with E-state index in [0.29, 0.717) is 34.1 Å². The number of hydrogen-bond donors (Lipinski definition) is 0. The van der Waals surface area contributed by atoms with Gasteiger partial charge in [0.1, 0.15) is 35.8 Å². The van der Waals surface area contributed by atoms with Gasteiger partial charge in [-0.2, -0.15) is 21.0 Å².